The molecule has 0 heterocycles. The Bertz CT molecular complexity index is 572. The number of hydrogen-bond acceptors (Lipinski definition) is 10. The average Bonchev–Trinajstić information content (AvgIpc) is 2.47. The van der Waals surface area contributed by atoms with E-state index >= 15 is 0 Å². The summed E-state index contributed by atoms with van der Waals surface area (Å²) >= 11 is 2.42. The van der Waals surface area contributed by atoms with Crippen molar-refractivity contribution in [2.45, 2.75) is 51.1 Å². The van der Waals surface area contributed by atoms with Gasteiger partial charge in [0.15, 0.2) is 11.6 Å². The van der Waals surface area contributed by atoms with Crippen molar-refractivity contribution in [1.82, 2.24) is 0 Å². The molecule has 11 heteroatoms. The fourth-order valence-electron chi connectivity index (χ4n) is 2.42. The van der Waals surface area contributed by atoms with E-state index in [1.54, 1.807) is 0 Å². The Kier molecular flexibility index (Phi) is 8.02. The molecule has 25 heavy (non-hydrogen) atoms. The number of rotatable bonds is 9. The number of hydrogen-bond donors (Lipinski definition) is 3. The largest absolute Gasteiger partial charge is 0.443 e. The summed E-state index contributed by atoms with van der Waals surface area (Å²) in [5, 5.41) is 29.2. The van der Waals surface area contributed by atoms with Crippen LogP contribution in [0.1, 0.15) is 27.7 Å². The van der Waals surface area contributed by atoms with Gasteiger partial charge in [-0.3, -0.25) is 24.0 Å². The van der Waals surface area contributed by atoms with Gasteiger partial charge in [0, 0.05) is 13.8 Å². The number of ether oxygens (including phenoxy) is 2. The van der Waals surface area contributed by atoms with Crippen LogP contribution in [0, 0.1) is 0 Å². The standard InChI is InChI=1S/C14H19BrO10/c1-6(17)13(24-8(3)19,11(22)10(21)5-16)14(7(2)18,12(15)23)25-9(4)20/h10-11,16,21-22H,5H2,1-4H3/t10-,11+,13+,14+/m1/s1. The van der Waals surface area contributed by atoms with Crippen molar-refractivity contribution < 1.29 is 48.8 Å². The van der Waals surface area contributed by atoms with E-state index in [1.807, 2.05) is 0 Å². The Morgan fingerprint density at radius 3 is 1.60 bits per heavy atom. The van der Waals surface area contributed by atoms with Crippen LogP contribution in [0.2, 0.25) is 0 Å². The summed E-state index contributed by atoms with van der Waals surface area (Å²) in [4.78, 5) is 59.9. The summed E-state index contributed by atoms with van der Waals surface area (Å²) < 4.78 is 8.17. The van der Waals surface area contributed by atoms with Crippen LogP contribution in [0.25, 0.3) is 0 Å². The molecule has 0 radical (unpaired) electrons. The zero-order valence-electron chi connectivity index (χ0n) is 13.9. The molecule has 0 saturated heterocycles. The quantitative estimate of drug-likeness (QED) is 0.222. The lowest BCUT2D eigenvalue weighted by Crippen LogP contribution is -2.75. The van der Waals surface area contributed by atoms with Crippen LogP contribution in [0.5, 0.6) is 0 Å². The third-order valence-corrected chi connectivity index (χ3v) is 3.95. The molecule has 0 aliphatic rings. The molecule has 0 rings (SSSR count). The van der Waals surface area contributed by atoms with E-state index < -0.39 is 58.2 Å². The first kappa shape index (κ1) is 23.3. The molecule has 0 saturated carbocycles. The second-order valence-electron chi connectivity index (χ2n) is 5.18. The van der Waals surface area contributed by atoms with E-state index in [0.717, 1.165) is 27.7 Å². The van der Waals surface area contributed by atoms with Gasteiger partial charge >= 0.3 is 11.9 Å². The number of ketones is 2. The van der Waals surface area contributed by atoms with E-state index in [0.29, 0.717) is 0 Å². The summed E-state index contributed by atoms with van der Waals surface area (Å²) in [5.41, 5.74) is -6.27. The van der Waals surface area contributed by atoms with Crippen LogP contribution in [-0.4, -0.2) is 73.5 Å². The van der Waals surface area contributed by atoms with Gasteiger partial charge in [0.25, 0.3) is 15.9 Å². The molecule has 0 aliphatic heterocycles. The molecule has 10 nitrogen and oxygen atoms in total. The van der Waals surface area contributed by atoms with E-state index in [9.17, 15) is 34.2 Å². The number of esters is 2. The monoisotopic (exact) mass is 426 g/mol. The highest BCUT2D eigenvalue weighted by atomic mass is 79.9. The Morgan fingerprint density at radius 2 is 1.36 bits per heavy atom. The molecule has 4 atom stereocenters. The normalized spacial score (nSPS) is 18.1. The highest BCUT2D eigenvalue weighted by molar-refractivity contribution is 9.18. The van der Waals surface area contributed by atoms with Crippen LogP contribution in [-0.2, 0) is 33.4 Å². The Morgan fingerprint density at radius 1 is 0.920 bits per heavy atom. The number of carbonyl (C=O) groups excluding carboxylic acids is 5. The topological polar surface area (TPSA) is 164 Å². The van der Waals surface area contributed by atoms with Gasteiger partial charge in [0.2, 0.25) is 0 Å². The summed E-state index contributed by atoms with van der Waals surface area (Å²) in [6, 6.07) is 0. The van der Waals surface area contributed by atoms with E-state index in [1.165, 1.54) is 0 Å². The molecule has 0 aromatic rings. The zero-order valence-corrected chi connectivity index (χ0v) is 15.5. The summed E-state index contributed by atoms with van der Waals surface area (Å²) in [7, 11) is 0. The van der Waals surface area contributed by atoms with Gasteiger partial charge in [-0.05, 0) is 29.8 Å². The van der Waals surface area contributed by atoms with Crippen molar-refractivity contribution in [3.8, 4) is 0 Å². The zero-order chi connectivity index (χ0) is 20.2. The van der Waals surface area contributed by atoms with Gasteiger partial charge in [0.05, 0.1) is 6.61 Å². The van der Waals surface area contributed by atoms with Crippen LogP contribution in [0.3, 0.4) is 0 Å². The Hall–Kier alpha value is -1.69. The lowest BCUT2D eigenvalue weighted by molar-refractivity contribution is -0.234. The smallest absolute Gasteiger partial charge is 0.304 e. The fraction of sp³-hybridized carbons (Fsp3) is 0.643. The number of halogens is 1. The molecule has 0 aromatic carbocycles. The minimum absolute atomic E-state index is 0.743. The van der Waals surface area contributed by atoms with Gasteiger partial charge in [-0.1, -0.05) is 0 Å². The summed E-state index contributed by atoms with van der Waals surface area (Å²) in [6.07, 6.45) is -4.60. The van der Waals surface area contributed by atoms with Crippen molar-refractivity contribution in [1.29, 1.82) is 0 Å². The van der Waals surface area contributed by atoms with Crippen molar-refractivity contribution in [3.05, 3.63) is 0 Å². The Balaban J connectivity index is 7.10. The molecule has 0 bridgehead atoms. The van der Waals surface area contributed by atoms with Gasteiger partial charge < -0.3 is 24.8 Å². The van der Waals surface area contributed by atoms with E-state index in [4.69, 9.17) is 14.6 Å². The van der Waals surface area contributed by atoms with Crippen molar-refractivity contribution in [3.63, 3.8) is 0 Å². The number of carbonyl (C=O) groups is 5. The summed E-state index contributed by atoms with van der Waals surface area (Å²) in [5.74, 6) is -5.01. The van der Waals surface area contributed by atoms with Crippen LogP contribution in [0.4, 0.5) is 0 Å². The molecule has 0 spiro atoms. The molecule has 0 aliphatic carbocycles. The van der Waals surface area contributed by atoms with Crippen molar-refractivity contribution in [2.24, 2.45) is 0 Å². The minimum Gasteiger partial charge on any atom is -0.443 e. The predicted octanol–water partition coefficient (Wildman–Crippen LogP) is -1.60. The molecular formula is C14H19BrO10. The fourth-order valence-corrected chi connectivity index (χ4v) is 3.07. The van der Waals surface area contributed by atoms with Gasteiger partial charge in [-0.2, -0.15) is 0 Å². The first-order valence-corrected chi connectivity index (χ1v) is 7.68. The molecule has 0 unspecified atom stereocenters. The van der Waals surface area contributed by atoms with Crippen molar-refractivity contribution >= 4 is 44.1 Å². The van der Waals surface area contributed by atoms with Crippen LogP contribution < -0.4 is 0 Å². The number of aliphatic hydroxyl groups is 3. The molecule has 142 valence electrons. The van der Waals surface area contributed by atoms with E-state index in [2.05, 4.69) is 15.9 Å². The first-order chi connectivity index (χ1) is 11.3. The van der Waals surface area contributed by atoms with Gasteiger partial charge in [0.1, 0.15) is 12.2 Å². The molecule has 0 fully saturated rings. The average molecular weight is 427 g/mol. The lowest BCUT2D eigenvalue weighted by atomic mass is 9.72. The highest BCUT2D eigenvalue weighted by Crippen LogP contribution is 2.39. The molecule has 0 aromatic heterocycles. The predicted molar refractivity (Wildman–Crippen MR) is 83.4 cm³/mol. The lowest BCUT2D eigenvalue weighted by Gasteiger charge is -2.46. The number of Topliss-reactive ketones (excluding diaryl/α,β-unsaturated/α-hetero) is 2. The Labute approximate surface area is 151 Å². The number of aliphatic hydroxyl groups excluding tert-OH is 3. The summed E-state index contributed by atoms with van der Waals surface area (Å²) in [6.45, 7) is 1.98. The highest BCUT2D eigenvalue weighted by Gasteiger charge is 2.72. The second-order valence-corrected chi connectivity index (χ2v) is 5.91. The maximum atomic E-state index is 12.4. The van der Waals surface area contributed by atoms with Crippen molar-refractivity contribution in [2.75, 3.05) is 6.61 Å². The molecular weight excluding hydrogens is 408 g/mol. The van der Waals surface area contributed by atoms with E-state index in [-0.39, 0.29) is 0 Å². The third kappa shape index (κ3) is 4.11. The third-order valence-electron chi connectivity index (χ3n) is 3.39. The molecule has 3 N–H and O–H groups in total. The second kappa shape index (κ2) is 8.61. The minimum atomic E-state index is -3.14. The van der Waals surface area contributed by atoms with Gasteiger partial charge in [-0.25, -0.2) is 0 Å². The maximum absolute atomic E-state index is 12.4. The van der Waals surface area contributed by atoms with Crippen LogP contribution >= 0.6 is 15.9 Å². The SMILES string of the molecule is CC(=O)O[C@@](C(C)=O)(C(=O)Br)[C@](OC(C)=O)(C(C)=O)[C@@H](O)[C@H](O)CO. The van der Waals surface area contributed by atoms with Gasteiger partial charge in [-0.15, -0.1) is 0 Å². The van der Waals surface area contributed by atoms with Crippen LogP contribution in [0.15, 0.2) is 0 Å². The molecule has 0 amide bonds. The first-order valence-electron chi connectivity index (χ1n) is 6.89. The maximum Gasteiger partial charge on any atom is 0.304 e.